The molecule has 0 bridgehead atoms. The van der Waals surface area contributed by atoms with Crippen molar-refractivity contribution in [2.24, 2.45) is 5.92 Å². The van der Waals surface area contributed by atoms with Gasteiger partial charge >= 0.3 is 0 Å². The van der Waals surface area contributed by atoms with Gasteiger partial charge in [-0.15, -0.1) is 6.58 Å². The van der Waals surface area contributed by atoms with E-state index >= 15 is 0 Å². The average Bonchev–Trinajstić information content (AvgIpc) is 2.32. The van der Waals surface area contributed by atoms with Crippen LogP contribution in [0.1, 0.15) is 13.3 Å². The molecular formula is C12H22N2O2. The largest absolute Gasteiger partial charge is 0.396 e. The lowest BCUT2D eigenvalue weighted by Gasteiger charge is -2.28. The fourth-order valence-corrected chi connectivity index (χ4v) is 2.35. The highest BCUT2D eigenvalue weighted by Gasteiger charge is 2.32. The molecule has 4 nitrogen and oxygen atoms in total. The number of carbonyl (C=O) groups is 1. The zero-order chi connectivity index (χ0) is 12.1. The third-order valence-electron chi connectivity index (χ3n) is 3.00. The van der Waals surface area contributed by atoms with Crippen molar-refractivity contribution in [3.63, 3.8) is 0 Å². The van der Waals surface area contributed by atoms with Gasteiger partial charge in [-0.05, 0) is 12.3 Å². The number of rotatable bonds is 4. The van der Waals surface area contributed by atoms with Gasteiger partial charge < -0.3 is 10.0 Å². The van der Waals surface area contributed by atoms with Crippen molar-refractivity contribution >= 4 is 5.91 Å². The number of hydrogen-bond donors (Lipinski definition) is 1. The molecule has 1 aliphatic heterocycles. The summed E-state index contributed by atoms with van der Waals surface area (Å²) in [5.41, 5.74) is 0. The quantitative estimate of drug-likeness (QED) is 0.703. The van der Waals surface area contributed by atoms with Crippen molar-refractivity contribution in [2.75, 3.05) is 33.3 Å². The van der Waals surface area contributed by atoms with Gasteiger partial charge in [0.05, 0.1) is 6.04 Å². The van der Waals surface area contributed by atoms with Crippen LogP contribution in [0.15, 0.2) is 12.7 Å². The lowest BCUT2D eigenvalue weighted by molar-refractivity contribution is -0.134. The van der Waals surface area contributed by atoms with Gasteiger partial charge in [0, 0.05) is 33.3 Å². The van der Waals surface area contributed by atoms with E-state index in [0.29, 0.717) is 18.9 Å². The fraction of sp³-hybridized carbons (Fsp3) is 0.750. The van der Waals surface area contributed by atoms with E-state index in [2.05, 4.69) is 18.4 Å². The van der Waals surface area contributed by atoms with Crippen LogP contribution in [0.5, 0.6) is 0 Å². The average molecular weight is 226 g/mol. The molecule has 92 valence electrons. The van der Waals surface area contributed by atoms with E-state index in [-0.39, 0.29) is 18.6 Å². The molecule has 1 rings (SSSR count). The summed E-state index contributed by atoms with van der Waals surface area (Å²) in [4.78, 5) is 16.0. The second-order valence-corrected chi connectivity index (χ2v) is 4.59. The first kappa shape index (κ1) is 13.2. The first-order valence-corrected chi connectivity index (χ1v) is 5.81. The van der Waals surface area contributed by atoms with Gasteiger partial charge in [0.2, 0.25) is 5.91 Å². The summed E-state index contributed by atoms with van der Waals surface area (Å²) in [5, 5.41) is 9.04. The lowest BCUT2D eigenvalue weighted by atomic mass is 10.1. The number of aliphatic hydroxyl groups excluding tert-OH is 1. The Morgan fingerprint density at radius 2 is 2.25 bits per heavy atom. The Balaban J connectivity index is 2.83. The van der Waals surface area contributed by atoms with Gasteiger partial charge in [-0.1, -0.05) is 13.0 Å². The zero-order valence-electron chi connectivity index (χ0n) is 10.2. The minimum atomic E-state index is -0.196. The van der Waals surface area contributed by atoms with Crippen molar-refractivity contribution in [3.8, 4) is 0 Å². The topological polar surface area (TPSA) is 43.8 Å². The SMILES string of the molecule is C=CCN1CC(C)CN(C)C(=O)C1CCO. The molecule has 2 unspecified atom stereocenters. The maximum absolute atomic E-state index is 12.1. The van der Waals surface area contributed by atoms with Crippen LogP contribution in [-0.4, -0.2) is 60.1 Å². The van der Waals surface area contributed by atoms with Crippen LogP contribution in [0.4, 0.5) is 0 Å². The van der Waals surface area contributed by atoms with Crippen molar-refractivity contribution in [3.05, 3.63) is 12.7 Å². The fourth-order valence-electron chi connectivity index (χ4n) is 2.35. The Kier molecular flexibility index (Phi) is 4.96. The first-order valence-electron chi connectivity index (χ1n) is 5.81. The molecule has 0 aromatic heterocycles. The van der Waals surface area contributed by atoms with Gasteiger partial charge in [0.25, 0.3) is 0 Å². The van der Waals surface area contributed by atoms with Crippen molar-refractivity contribution in [1.29, 1.82) is 0 Å². The summed E-state index contributed by atoms with van der Waals surface area (Å²) >= 11 is 0. The van der Waals surface area contributed by atoms with Crippen molar-refractivity contribution in [2.45, 2.75) is 19.4 Å². The second kappa shape index (κ2) is 6.01. The molecule has 0 aliphatic carbocycles. The summed E-state index contributed by atoms with van der Waals surface area (Å²) in [6.45, 7) is 8.28. The molecule has 1 saturated heterocycles. The summed E-state index contributed by atoms with van der Waals surface area (Å²) < 4.78 is 0. The Labute approximate surface area is 97.5 Å². The highest BCUT2D eigenvalue weighted by atomic mass is 16.3. The molecular weight excluding hydrogens is 204 g/mol. The Hall–Kier alpha value is -0.870. The van der Waals surface area contributed by atoms with E-state index < -0.39 is 0 Å². The van der Waals surface area contributed by atoms with Gasteiger partial charge in [-0.3, -0.25) is 9.69 Å². The molecule has 4 heteroatoms. The molecule has 0 saturated carbocycles. The predicted molar refractivity (Wildman–Crippen MR) is 64.1 cm³/mol. The predicted octanol–water partition coefficient (Wildman–Crippen LogP) is 0.334. The van der Waals surface area contributed by atoms with Crippen LogP contribution in [0.25, 0.3) is 0 Å². The molecule has 0 spiro atoms. The molecule has 0 aromatic rings. The Bertz CT molecular complexity index is 255. The molecule has 1 amide bonds. The van der Waals surface area contributed by atoms with E-state index in [9.17, 15) is 4.79 Å². The third-order valence-corrected chi connectivity index (χ3v) is 3.00. The van der Waals surface area contributed by atoms with Crippen molar-refractivity contribution < 1.29 is 9.90 Å². The number of hydrogen-bond acceptors (Lipinski definition) is 3. The summed E-state index contributed by atoms with van der Waals surface area (Å²) in [5.74, 6) is 0.567. The van der Waals surface area contributed by atoms with Crippen LogP contribution in [-0.2, 0) is 4.79 Å². The van der Waals surface area contributed by atoms with Crippen LogP contribution in [0, 0.1) is 5.92 Å². The second-order valence-electron chi connectivity index (χ2n) is 4.59. The molecule has 1 N–H and O–H groups in total. The van der Waals surface area contributed by atoms with E-state index in [1.165, 1.54) is 0 Å². The maximum atomic E-state index is 12.1. The van der Waals surface area contributed by atoms with Gasteiger partial charge in [-0.2, -0.15) is 0 Å². The molecule has 0 radical (unpaired) electrons. The highest BCUT2D eigenvalue weighted by Crippen LogP contribution is 2.16. The Morgan fingerprint density at radius 1 is 1.56 bits per heavy atom. The van der Waals surface area contributed by atoms with E-state index in [4.69, 9.17) is 5.11 Å². The normalized spacial score (nSPS) is 27.9. The lowest BCUT2D eigenvalue weighted by Crippen LogP contribution is -2.45. The monoisotopic (exact) mass is 226 g/mol. The van der Waals surface area contributed by atoms with Gasteiger partial charge in [0.1, 0.15) is 0 Å². The summed E-state index contributed by atoms with van der Waals surface area (Å²) in [7, 11) is 1.83. The molecule has 1 heterocycles. The Morgan fingerprint density at radius 3 is 2.81 bits per heavy atom. The molecule has 2 atom stereocenters. The third kappa shape index (κ3) is 3.06. The molecule has 16 heavy (non-hydrogen) atoms. The minimum Gasteiger partial charge on any atom is -0.396 e. The van der Waals surface area contributed by atoms with E-state index in [1.54, 1.807) is 4.90 Å². The van der Waals surface area contributed by atoms with Crippen molar-refractivity contribution in [1.82, 2.24) is 9.80 Å². The van der Waals surface area contributed by atoms with Gasteiger partial charge in [0.15, 0.2) is 0 Å². The van der Waals surface area contributed by atoms with E-state index in [1.807, 2.05) is 13.1 Å². The maximum Gasteiger partial charge on any atom is 0.239 e. The first-order chi connectivity index (χ1) is 7.60. The molecule has 0 aromatic carbocycles. The number of likely N-dealkylation sites (N-methyl/N-ethyl adjacent to an activating group) is 1. The highest BCUT2D eigenvalue weighted by molar-refractivity contribution is 5.82. The van der Waals surface area contributed by atoms with Crippen LogP contribution in [0.2, 0.25) is 0 Å². The standard InChI is InChI=1S/C12H22N2O2/c1-4-6-14-9-10(2)8-13(3)12(16)11(14)5-7-15/h4,10-11,15H,1,5-9H2,2-3H3. The van der Waals surface area contributed by atoms with E-state index in [0.717, 1.165) is 13.1 Å². The number of carbonyl (C=O) groups excluding carboxylic acids is 1. The number of amides is 1. The van der Waals surface area contributed by atoms with Crippen LogP contribution >= 0.6 is 0 Å². The van der Waals surface area contributed by atoms with Crippen LogP contribution in [0.3, 0.4) is 0 Å². The number of aliphatic hydroxyl groups is 1. The smallest absolute Gasteiger partial charge is 0.239 e. The van der Waals surface area contributed by atoms with Crippen LogP contribution < -0.4 is 0 Å². The molecule has 1 fully saturated rings. The zero-order valence-corrected chi connectivity index (χ0v) is 10.2. The molecule has 1 aliphatic rings. The minimum absolute atomic E-state index is 0.0479. The summed E-state index contributed by atoms with van der Waals surface area (Å²) in [6, 6.07) is -0.196. The number of nitrogens with zero attached hydrogens (tertiary/aromatic N) is 2. The van der Waals surface area contributed by atoms with Gasteiger partial charge in [-0.25, -0.2) is 0 Å². The summed E-state index contributed by atoms with van der Waals surface area (Å²) in [6.07, 6.45) is 2.32.